The van der Waals surface area contributed by atoms with Crippen LogP contribution in [0, 0.1) is 5.92 Å². The van der Waals surface area contributed by atoms with Crippen LogP contribution in [-0.2, 0) is 4.79 Å². The largest absolute Gasteiger partial charge is 0.497 e. The number of ether oxygens (including phenoxy) is 1. The van der Waals surface area contributed by atoms with Gasteiger partial charge in [0, 0.05) is 16.8 Å². The van der Waals surface area contributed by atoms with Gasteiger partial charge >= 0.3 is 0 Å². The van der Waals surface area contributed by atoms with Crippen molar-refractivity contribution in [2.75, 3.05) is 12.4 Å². The van der Waals surface area contributed by atoms with Crippen LogP contribution in [0.1, 0.15) is 34.6 Å². The molecule has 4 N–H and O–H groups in total. The van der Waals surface area contributed by atoms with Crippen molar-refractivity contribution in [1.82, 2.24) is 5.32 Å². The van der Waals surface area contributed by atoms with Crippen LogP contribution in [0.5, 0.6) is 5.75 Å². The zero-order chi connectivity index (χ0) is 20.0. The van der Waals surface area contributed by atoms with E-state index in [2.05, 4.69) is 10.6 Å². The molecule has 2 rings (SSSR count). The molecular weight excluding hydrogens is 346 g/mol. The maximum absolute atomic E-state index is 12.6. The van der Waals surface area contributed by atoms with Crippen LogP contribution in [0.15, 0.2) is 48.5 Å². The minimum Gasteiger partial charge on any atom is -0.497 e. The van der Waals surface area contributed by atoms with Crippen molar-refractivity contribution < 1.29 is 19.1 Å². The summed E-state index contributed by atoms with van der Waals surface area (Å²) < 4.78 is 5.07. The van der Waals surface area contributed by atoms with E-state index >= 15 is 0 Å². The molecule has 0 aromatic heterocycles. The van der Waals surface area contributed by atoms with Crippen molar-refractivity contribution in [3.8, 4) is 5.75 Å². The molecule has 0 aliphatic rings. The zero-order valence-corrected chi connectivity index (χ0v) is 15.5. The lowest BCUT2D eigenvalue weighted by Gasteiger charge is -2.22. The Bertz CT molecular complexity index is 814. The normalized spacial score (nSPS) is 11.6. The fourth-order valence-corrected chi connectivity index (χ4v) is 2.44. The number of hydrogen-bond acceptors (Lipinski definition) is 4. The van der Waals surface area contributed by atoms with Crippen LogP contribution in [0.3, 0.4) is 0 Å². The molecule has 0 saturated heterocycles. The number of carbonyl (C=O) groups is 3. The van der Waals surface area contributed by atoms with Crippen molar-refractivity contribution in [2.24, 2.45) is 11.7 Å². The number of primary amides is 1. The fraction of sp³-hybridized carbons (Fsp3) is 0.250. The molecule has 2 aromatic carbocycles. The number of methoxy groups -OCH3 is 1. The number of anilines is 1. The highest BCUT2D eigenvalue weighted by atomic mass is 16.5. The first kappa shape index (κ1) is 20.0. The molecule has 0 spiro atoms. The van der Waals surface area contributed by atoms with Gasteiger partial charge in [-0.3, -0.25) is 14.4 Å². The second-order valence-corrected chi connectivity index (χ2v) is 6.35. The van der Waals surface area contributed by atoms with Crippen molar-refractivity contribution in [3.05, 3.63) is 59.7 Å². The van der Waals surface area contributed by atoms with E-state index in [-0.39, 0.29) is 17.7 Å². The third-order valence-electron chi connectivity index (χ3n) is 4.02. The van der Waals surface area contributed by atoms with Gasteiger partial charge < -0.3 is 21.1 Å². The van der Waals surface area contributed by atoms with Gasteiger partial charge in [0.1, 0.15) is 11.8 Å². The number of hydrogen-bond donors (Lipinski definition) is 3. The van der Waals surface area contributed by atoms with Gasteiger partial charge in [0.2, 0.25) is 11.8 Å². The van der Waals surface area contributed by atoms with Gasteiger partial charge in [-0.2, -0.15) is 0 Å². The van der Waals surface area contributed by atoms with Crippen LogP contribution in [-0.4, -0.2) is 30.9 Å². The standard InChI is InChI=1S/C20H23N3O4/c1-12(2)17(23-19(25)14-6-10-16(27-3)11-7-14)20(26)22-15-8-4-13(5-9-15)18(21)24/h4-12,17H,1-3H3,(H2,21,24)(H,22,26)(H,23,25)/t17-/m0/s1. The quantitative estimate of drug-likeness (QED) is 0.695. The number of benzene rings is 2. The number of carbonyl (C=O) groups excluding carboxylic acids is 3. The fourth-order valence-electron chi connectivity index (χ4n) is 2.44. The molecule has 0 aliphatic heterocycles. The lowest BCUT2D eigenvalue weighted by Crippen LogP contribution is -2.47. The van der Waals surface area contributed by atoms with Gasteiger partial charge in [-0.1, -0.05) is 13.8 Å². The SMILES string of the molecule is COc1ccc(C(=O)N[C@H](C(=O)Nc2ccc(C(N)=O)cc2)C(C)C)cc1. The summed E-state index contributed by atoms with van der Waals surface area (Å²) in [5.41, 5.74) is 6.49. The summed E-state index contributed by atoms with van der Waals surface area (Å²) >= 11 is 0. The lowest BCUT2D eigenvalue weighted by atomic mass is 10.0. The van der Waals surface area contributed by atoms with Crippen LogP contribution in [0.2, 0.25) is 0 Å². The minimum absolute atomic E-state index is 0.128. The third kappa shape index (κ3) is 5.31. The average molecular weight is 369 g/mol. The van der Waals surface area contributed by atoms with Gasteiger partial charge in [0.05, 0.1) is 7.11 Å². The van der Waals surface area contributed by atoms with E-state index in [1.165, 1.54) is 12.1 Å². The average Bonchev–Trinajstić information content (AvgIpc) is 2.66. The Morgan fingerprint density at radius 3 is 1.96 bits per heavy atom. The smallest absolute Gasteiger partial charge is 0.251 e. The van der Waals surface area contributed by atoms with Gasteiger partial charge in [0.15, 0.2) is 0 Å². The topological polar surface area (TPSA) is 111 Å². The lowest BCUT2D eigenvalue weighted by molar-refractivity contribution is -0.118. The Hall–Kier alpha value is -3.35. The van der Waals surface area contributed by atoms with Crippen LogP contribution in [0.4, 0.5) is 5.69 Å². The van der Waals surface area contributed by atoms with E-state index in [1.54, 1.807) is 43.5 Å². The number of nitrogens with two attached hydrogens (primary N) is 1. The Balaban J connectivity index is 2.07. The predicted molar refractivity (Wildman–Crippen MR) is 103 cm³/mol. The highest BCUT2D eigenvalue weighted by Gasteiger charge is 2.25. The van der Waals surface area contributed by atoms with E-state index in [0.717, 1.165) is 0 Å². The summed E-state index contributed by atoms with van der Waals surface area (Å²) in [6.07, 6.45) is 0. The molecular formula is C20H23N3O4. The van der Waals surface area contributed by atoms with Crippen molar-refractivity contribution in [3.63, 3.8) is 0 Å². The maximum Gasteiger partial charge on any atom is 0.251 e. The summed E-state index contributed by atoms with van der Waals surface area (Å²) in [5.74, 6) is -0.727. The van der Waals surface area contributed by atoms with E-state index in [9.17, 15) is 14.4 Å². The first-order valence-corrected chi connectivity index (χ1v) is 8.47. The monoisotopic (exact) mass is 369 g/mol. The Morgan fingerprint density at radius 2 is 1.48 bits per heavy atom. The second-order valence-electron chi connectivity index (χ2n) is 6.35. The van der Waals surface area contributed by atoms with E-state index in [1.807, 2.05) is 13.8 Å². The van der Waals surface area contributed by atoms with Crippen molar-refractivity contribution in [1.29, 1.82) is 0 Å². The molecule has 142 valence electrons. The van der Waals surface area contributed by atoms with Crippen LogP contribution < -0.4 is 21.1 Å². The second kappa shape index (κ2) is 8.84. The Kier molecular flexibility index (Phi) is 6.54. The highest BCUT2D eigenvalue weighted by molar-refractivity contribution is 6.01. The van der Waals surface area contributed by atoms with E-state index in [0.29, 0.717) is 22.6 Å². The number of amides is 3. The summed E-state index contributed by atoms with van der Waals surface area (Å²) in [7, 11) is 1.55. The molecule has 0 fully saturated rings. The summed E-state index contributed by atoms with van der Waals surface area (Å²) in [6.45, 7) is 3.68. The predicted octanol–water partition coefficient (Wildman–Crippen LogP) is 2.19. The molecule has 3 amide bonds. The zero-order valence-electron chi connectivity index (χ0n) is 15.5. The van der Waals surface area contributed by atoms with Gasteiger partial charge in [-0.15, -0.1) is 0 Å². The molecule has 0 saturated carbocycles. The molecule has 7 nitrogen and oxygen atoms in total. The number of rotatable bonds is 7. The van der Waals surface area contributed by atoms with E-state index in [4.69, 9.17) is 10.5 Å². The van der Waals surface area contributed by atoms with Gasteiger partial charge in [0.25, 0.3) is 5.91 Å². The molecule has 27 heavy (non-hydrogen) atoms. The van der Waals surface area contributed by atoms with Gasteiger partial charge in [-0.05, 0) is 54.4 Å². The first-order chi connectivity index (χ1) is 12.8. The van der Waals surface area contributed by atoms with E-state index < -0.39 is 11.9 Å². The highest BCUT2D eigenvalue weighted by Crippen LogP contribution is 2.14. The van der Waals surface area contributed by atoms with Gasteiger partial charge in [-0.25, -0.2) is 0 Å². The molecule has 2 aromatic rings. The molecule has 0 aliphatic carbocycles. The number of nitrogens with one attached hydrogen (secondary N) is 2. The van der Waals surface area contributed by atoms with Crippen LogP contribution >= 0.6 is 0 Å². The molecule has 0 heterocycles. The summed E-state index contributed by atoms with van der Waals surface area (Å²) in [6, 6.07) is 12.1. The Morgan fingerprint density at radius 1 is 0.926 bits per heavy atom. The Labute approximate surface area is 157 Å². The summed E-state index contributed by atoms with van der Waals surface area (Å²) in [5, 5.41) is 5.49. The van der Waals surface area contributed by atoms with Crippen LogP contribution in [0.25, 0.3) is 0 Å². The molecule has 0 radical (unpaired) electrons. The maximum atomic E-state index is 12.6. The first-order valence-electron chi connectivity index (χ1n) is 8.47. The molecule has 7 heteroatoms. The van der Waals surface area contributed by atoms with Crippen molar-refractivity contribution >= 4 is 23.4 Å². The summed E-state index contributed by atoms with van der Waals surface area (Å²) in [4.78, 5) is 36.2. The van der Waals surface area contributed by atoms with Crippen molar-refractivity contribution in [2.45, 2.75) is 19.9 Å². The molecule has 1 atom stereocenters. The molecule has 0 unspecified atom stereocenters. The third-order valence-corrected chi connectivity index (χ3v) is 4.02. The molecule has 0 bridgehead atoms. The minimum atomic E-state index is -0.726.